The third kappa shape index (κ3) is 4.01. The van der Waals surface area contributed by atoms with Gasteiger partial charge in [0.2, 0.25) is 0 Å². The molecule has 1 amide bonds. The van der Waals surface area contributed by atoms with Crippen LogP contribution < -0.4 is 5.32 Å². The summed E-state index contributed by atoms with van der Waals surface area (Å²) in [5.41, 5.74) is 1.13. The molecule has 5 nitrogen and oxygen atoms in total. The predicted molar refractivity (Wildman–Crippen MR) is 67.1 cm³/mol. The molecule has 0 saturated carbocycles. The van der Waals surface area contributed by atoms with Crippen LogP contribution in [0, 0.1) is 6.92 Å². The summed E-state index contributed by atoms with van der Waals surface area (Å²) in [6, 6.07) is 3.32. The van der Waals surface area contributed by atoms with Crippen molar-refractivity contribution < 1.29 is 14.3 Å². The summed E-state index contributed by atoms with van der Waals surface area (Å²) < 4.78 is 5.01. The third-order valence-electron chi connectivity index (χ3n) is 2.22. The number of ether oxygens (including phenoxy) is 1. The van der Waals surface area contributed by atoms with Gasteiger partial charge in [0.05, 0.1) is 5.56 Å². The number of rotatable bonds is 5. The Hall–Kier alpha value is -2.17. The SMILES string of the molecule is C=CCNC(=O)[C@@H](C)OC(=O)c1ccc(C)nc1. The van der Waals surface area contributed by atoms with Gasteiger partial charge in [0.15, 0.2) is 6.10 Å². The molecule has 18 heavy (non-hydrogen) atoms. The molecule has 1 aromatic heterocycles. The Kier molecular flexibility index (Phi) is 5.05. The Balaban J connectivity index is 2.56. The Morgan fingerprint density at radius 2 is 2.28 bits per heavy atom. The van der Waals surface area contributed by atoms with Gasteiger partial charge in [-0.25, -0.2) is 4.79 Å². The standard InChI is InChI=1S/C13H16N2O3/c1-4-7-14-12(16)10(3)18-13(17)11-6-5-9(2)15-8-11/h4-6,8,10H,1,7H2,2-3H3,(H,14,16)/t10-/m1/s1. The highest BCUT2D eigenvalue weighted by Crippen LogP contribution is 2.04. The second-order valence-electron chi connectivity index (χ2n) is 3.77. The molecule has 1 N–H and O–H groups in total. The van der Waals surface area contributed by atoms with Crippen molar-refractivity contribution in [1.82, 2.24) is 10.3 Å². The highest BCUT2D eigenvalue weighted by molar-refractivity contribution is 5.91. The molecule has 5 heteroatoms. The van der Waals surface area contributed by atoms with Crippen molar-refractivity contribution in [3.05, 3.63) is 42.2 Å². The molecular formula is C13H16N2O3. The molecule has 0 spiro atoms. The number of hydrogen-bond acceptors (Lipinski definition) is 4. The predicted octanol–water partition coefficient (Wildman–Crippen LogP) is 1.24. The van der Waals surface area contributed by atoms with Crippen LogP contribution >= 0.6 is 0 Å². The number of carbonyl (C=O) groups is 2. The lowest BCUT2D eigenvalue weighted by Crippen LogP contribution is -2.35. The first-order valence-electron chi connectivity index (χ1n) is 5.57. The van der Waals surface area contributed by atoms with Crippen molar-refractivity contribution in [2.75, 3.05) is 6.54 Å². The van der Waals surface area contributed by atoms with Crippen molar-refractivity contribution in [1.29, 1.82) is 0 Å². The van der Waals surface area contributed by atoms with Gasteiger partial charge in [0.1, 0.15) is 0 Å². The zero-order chi connectivity index (χ0) is 13.5. The van der Waals surface area contributed by atoms with Crippen LogP contribution in [0.2, 0.25) is 0 Å². The molecule has 0 radical (unpaired) electrons. The van der Waals surface area contributed by atoms with Gasteiger partial charge in [-0.3, -0.25) is 9.78 Å². The molecule has 0 bridgehead atoms. The van der Waals surface area contributed by atoms with E-state index in [1.165, 1.54) is 13.1 Å². The summed E-state index contributed by atoms with van der Waals surface area (Å²) in [6.45, 7) is 7.15. The zero-order valence-electron chi connectivity index (χ0n) is 10.5. The average molecular weight is 248 g/mol. The normalized spacial score (nSPS) is 11.4. The highest BCUT2D eigenvalue weighted by atomic mass is 16.5. The molecule has 96 valence electrons. The summed E-state index contributed by atoms with van der Waals surface area (Å²) in [5, 5.41) is 2.55. The third-order valence-corrected chi connectivity index (χ3v) is 2.22. The van der Waals surface area contributed by atoms with E-state index in [0.29, 0.717) is 12.1 Å². The monoisotopic (exact) mass is 248 g/mol. The van der Waals surface area contributed by atoms with Gasteiger partial charge in [-0.2, -0.15) is 0 Å². The van der Waals surface area contributed by atoms with E-state index >= 15 is 0 Å². The smallest absolute Gasteiger partial charge is 0.340 e. The molecule has 0 fully saturated rings. The van der Waals surface area contributed by atoms with Crippen LogP contribution in [-0.4, -0.2) is 29.5 Å². The zero-order valence-corrected chi connectivity index (χ0v) is 10.5. The number of aromatic nitrogens is 1. The lowest BCUT2D eigenvalue weighted by atomic mass is 10.2. The van der Waals surface area contributed by atoms with Crippen molar-refractivity contribution in [2.24, 2.45) is 0 Å². The van der Waals surface area contributed by atoms with Crippen LogP contribution in [0.15, 0.2) is 31.0 Å². The number of pyridine rings is 1. The maximum Gasteiger partial charge on any atom is 0.340 e. The number of aryl methyl sites for hydroxylation is 1. The molecule has 1 aromatic rings. The number of amides is 1. The highest BCUT2D eigenvalue weighted by Gasteiger charge is 2.18. The van der Waals surface area contributed by atoms with Crippen LogP contribution in [0.3, 0.4) is 0 Å². The summed E-state index contributed by atoms with van der Waals surface area (Å²) >= 11 is 0. The van der Waals surface area contributed by atoms with Gasteiger partial charge in [-0.05, 0) is 26.0 Å². The van der Waals surface area contributed by atoms with E-state index in [2.05, 4.69) is 16.9 Å². The molecule has 1 heterocycles. The van der Waals surface area contributed by atoms with Crippen molar-refractivity contribution in [3.8, 4) is 0 Å². The fourth-order valence-corrected chi connectivity index (χ4v) is 1.19. The minimum absolute atomic E-state index is 0.323. The fraction of sp³-hybridized carbons (Fsp3) is 0.308. The Labute approximate surface area is 106 Å². The second kappa shape index (κ2) is 6.54. The summed E-state index contributed by atoms with van der Waals surface area (Å²) in [7, 11) is 0. The lowest BCUT2D eigenvalue weighted by molar-refractivity contribution is -0.128. The summed E-state index contributed by atoms with van der Waals surface area (Å²) in [6.07, 6.45) is 2.13. The molecule has 0 aliphatic heterocycles. The quantitative estimate of drug-likeness (QED) is 0.628. The maximum absolute atomic E-state index is 11.7. The minimum Gasteiger partial charge on any atom is -0.449 e. The number of carbonyl (C=O) groups excluding carboxylic acids is 2. The van der Waals surface area contributed by atoms with Gasteiger partial charge >= 0.3 is 5.97 Å². The molecule has 1 atom stereocenters. The number of nitrogens with zero attached hydrogens (tertiary/aromatic N) is 1. The molecular weight excluding hydrogens is 232 g/mol. The van der Waals surface area contributed by atoms with E-state index in [-0.39, 0.29) is 5.91 Å². The number of nitrogens with one attached hydrogen (secondary N) is 1. The van der Waals surface area contributed by atoms with Gasteiger partial charge in [-0.15, -0.1) is 6.58 Å². The van der Waals surface area contributed by atoms with Crippen LogP contribution in [0.1, 0.15) is 23.0 Å². The fourth-order valence-electron chi connectivity index (χ4n) is 1.19. The number of esters is 1. The minimum atomic E-state index is -0.848. The lowest BCUT2D eigenvalue weighted by Gasteiger charge is -2.12. The molecule has 0 aromatic carbocycles. The van der Waals surface area contributed by atoms with E-state index < -0.39 is 12.1 Å². The Morgan fingerprint density at radius 1 is 1.56 bits per heavy atom. The van der Waals surface area contributed by atoms with Crippen molar-refractivity contribution in [2.45, 2.75) is 20.0 Å². The molecule has 0 unspecified atom stereocenters. The van der Waals surface area contributed by atoms with E-state index in [1.807, 2.05) is 6.92 Å². The molecule has 0 aliphatic carbocycles. The Morgan fingerprint density at radius 3 is 2.83 bits per heavy atom. The van der Waals surface area contributed by atoms with E-state index in [4.69, 9.17) is 4.74 Å². The van der Waals surface area contributed by atoms with E-state index in [1.54, 1.807) is 18.2 Å². The molecule has 0 saturated heterocycles. The first-order chi connectivity index (χ1) is 8.54. The second-order valence-corrected chi connectivity index (χ2v) is 3.77. The topological polar surface area (TPSA) is 68.3 Å². The first-order valence-corrected chi connectivity index (χ1v) is 5.57. The van der Waals surface area contributed by atoms with Crippen molar-refractivity contribution in [3.63, 3.8) is 0 Å². The van der Waals surface area contributed by atoms with Gasteiger partial charge in [-0.1, -0.05) is 6.08 Å². The average Bonchev–Trinajstić information content (AvgIpc) is 2.36. The van der Waals surface area contributed by atoms with Crippen LogP contribution in [0.5, 0.6) is 0 Å². The summed E-state index contributed by atoms with van der Waals surface area (Å²) in [5.74, 6) is -0.924. The van der Waals surface area contributed by atoms with Crippen molar-refractivity contribution >= 4 is 11.9 Å². The van der Waals surface area contributed by atoms with Crippen LogP contribution in [0.4, 0.5) is 0 Å². The first kappa shape index (κ1) is 13.9. The molecule has 1 rings (SSSR count). The maximum atomic E-state index is 11.7. The van der Waals surface area contributed by atoms with Gasteiger partial charge < -0.3 is 10.1 Å². The van der Waals surface area contributed by atoms with Crippen LogP contribution in [-0.2, 0) is 9.53 Å². The molecule has 0 aliphatic rings. The van der Waals surface area contributed by atoms with Gasteiger partial charge in [0, 0.05) is 18.4 Å². The van der Waals surface area contributed by atoms with E-state index in [0.717, 1.165) is 5.69 Å². The summed E-state index contributed by atoms with van der Waals surface area (Å²) in [4.78, 5) is 27.1. The van der Waals surface area contributed by atoms with Gasteiger partial charge in [0.25, 0.3) is 5.91 Å². The Bertz CT molecular complexity index is 440. The largest absolute Gasteiger partial charge is 0.449 e. The van der Waals surface area contributed by atoms with Crippen LogP contribution in [0.25, 0.3) is 0 Å². The number of hydrogen-bond donors (Lipinski definition) is 1. The van der Waals surface area contributed by atoms with E-state index in [9.17, 15) is 9.59 Å².